The topological polar surface area (TPSA) is 40.5 Å². The number of carbonyl (C=O) groups excluding carboxylic acids is 1. The van der Waals surface area contributed by atoms with Gasteiger partial charge in [0.2, 0.25) is 0 Å². The maximum absolute atomic E-state index is 13.2. The summed E-state index contributed by atoms with van der Waals surface area (Å²) in [4.78, 5) is 16.2. The second-order valence-corrected chi connectivity index (χ2v) is 8.79. The van der Waals surface area contributed by atoms with Crippen LogP contribution >= 0.6 is 11.8 Å². The van der Waals surface area contributed by atoms with Crippen LogP contribution in [-0.2, 0) is 17.8 Å². The van der Waals surface area contributed by atoms with Crippen LogP contribution in [0.4, 0.5) is 0 Å². The average molecular weight is 430 g/mol. The standard InChI is InChI=1S/C27H27NO2S/c1-4-19-7-13-22(14-8-19)25-24(21-11-5-18(2)6-12-21)26(29)27(30)28(25)17-20-9-15-23(31-3)16-10-20/h5-16,25,29H,4,17H2,1-3H3. The molecule has 0 radical (unpaired) electrons. The Kier molecular flexibility index (Phi) is 6.19. The number of hydrogen-bond acceptors (Lipinski definition) is 3. The summed E-state index contributed by atoms with van der Waals surface area (Å²) in [6.45, 7) is 4.60. The van der Waals surface area contributed by atoms with E-state index in [4.69, 9.17) is 0 Å². The highest BCUT2D eigenvalue weighted by atomic mass is 32.2. The Bertz CT molecular complexity index is 1100. The van der Waals surface area contributed by atoms with Crippen molar-refractivity contribution in [3.05, 3.63) is 106 Å². The lowest BCUT2D eigenvalue weighted by Crippen LogP contribution is -2.29. The maximum Gasteiger partial charge on any atom is 0.290 e. The highest BCUT2D eigenvalue weighted by Crippen LogP contribution is 2.43. The predicted octanol–water partition coefficient (Wildman–Crippen LogP) is 6.33. The van der Waals surface area contributed by atoms with E-state index in [0.717, 1.165) is 28.7 Å². The molecule has 4 heteroatoms. The highest BCUT2D eigenvalue weighted by molar-refractivity contribution is 7.98. The van der Waals surface area contributed by atoms with Crippen molar-refractivity contribution in [2.45, 2.75) is 37.8 Å². The molecule has 0 fully saturated rings. The van der Waals surface area contributed by atoms with Gasteiger partial charge in [0.1, 0.15) is 0 Å². The van der Waals surface area contributed by atoms with E-state index in [9.17, 15) is 9.90 Å². The molecule has 0 aromatic heterocycles. The zero-order valence-electron chi connectivity index (χ0n) is 18.1. The fourth-order valence-electron chi connectivity index (χ4n) is 4.05. The zero-order chi connectivity index (χ0) is 22.0. The van der Waals surface area contributed by atoms with Crippen LogP contribution in [0.15, 0.2) is 83.5 Å². The Balaban J connectivity index is 1.77. The molecular weight excluding hydrogens is 402 g/mol. The summed E-state index contributed by atoms with van der Waals surface area (Å²) < 4.78 is 0. The first-order valence-corrected chi connectivity index (χ1v) is 11.8. The van der Waals surface area contributed by atoms with Crippen LogP contribution < -0.4 is 0 Å². The Morgan fingerprint density at radius 2 is 1.52 bits per heavy atom. The number of carbonyl (C=O) groups is 1. The third kappa shape index (κ3) is 4.26. The van der Waals surface area contributed by atoms with E-state index in [2.05, 4.69) is 55.5 Å². The second kappa shape index (κ2) is 9.03. The van der Waals surface area contributed by atoms with E-state index in [1.807, 2.05) is 37.4 Å². The van der Waals surface area contributed by atoms with Crippen molar-refractivity contribution in [2.75, 3.05) is 6.26 Å². The molecule has 0 spiro atoms. The molecule has 0 aliphatic carbocycles. The third-order valence-electron chi connectivity index (χ3n) is 5.88. The van der Waals surface area contributed by atoms with Crippen molar-refractivity contribution in [3.63, 3.8) is 0 Å². The van der Waals surface area contributed by atoms with E-state index in [-0.39, 0.29) is 17.7 Å². The van der Waals surface area contributed by atoms with E-state index in [0.29, 0.717) is 12.1 Å². The van der Waals surface area contributed by atoms with Crippen molar-refractivity contribution < 1.29 is 9.90 Å². The number of amides is 1. The van der Waals surface area contributed by atoms with Gasteiger partial charge in [0.25, 0.3) is 5.91 Å². The third-order valence-corrected chi connectivity index (χ3v) is 6.63. The van der Waals surface area contributed by atoms with Crippen molar-refractivity contribution in [3.8, 4) is 0 Å². The minimum absolute atomic E-state index is 0.158. The first-order chi connectivity index (χ1) is 15.0. The molecule has 4 rings (SSSR count). The summed E-state index contributed by atoms with van der Waals surface area (Å²) in [5.41, 5.74) is 5.99. The van der Waals surface area contributed by atoms with Gasteiger partial charge in [-0.15, -0.1) is 11.8 Å². The summed E-state index contributed by atoms with van der Waals surface area (Å²) in [6.07, 6.45) is 3.01. The molecule has 0 saturated heterocycles. The highest BCUT2D eigenvalue weighted by Gasteiger charge is 2.40. The molecule has 31 heavy (non-hydrogen) atoms. The van der Waals surface area contributed by atoms with Gasteiger partial charge >= 0.3 is 0 Å². The number of aryl methyl sites for hydroxylation is 2. The normalized spacial score (nSPS) is 16.3. The van der Waals surface area contributed by atoms with Gasteiger partial charge in [-0.3, -0.25) is 4.79 Å². The number of thioether (sulfide) groups is 1. The molecule has 1 atom stereocenters. The summed E-state index contributed by atoms with van der Waals surface area (Å²) >= 11 is 1.69. The first kappa shape index (κ1) is 21.3. The lowest BCUT2D eigenvalue weighted by atomic mass is 9.92. The first-order valence-electron chi connectivity index (χ1n) is 10.5. The van der Waals surface area contributed by atoms with Gasteiger partial charge < -0.3 is 10.0 Å². The molecular formula is C27H27NO2S. The molecule has 1 N–H and O–H groups in total. The predicted molar refractivity (Wildman–Crippen MR) is 128 cm³/mol. The zero-order valence-corrected chi connectivity index (χ0v) is 18.9. The second-order valence-electron chi connectivity index (χ2n) is 7.91. The molecule has 3 aromatic rings. The minimum atomic E-state index is -0.332. The van der Waals surface area contributed by atoms with Crippen molar-refractivity contribution in [1.29, 1.82) is 0 Å². The van der Waals surface area contributed by atoms with Crippen molar-refractivity contribution in [2.24, 2.45) is 0 Å². The van der Waals surface area contributed by atoms with E-state index in [1.54, 1.807) is 16.7 Å². The van der Waals surface area contributed by atoms with Gasteiger partial charge in [-0.1, -0.05) is 73.2 Å². The summed E-state index contributed by atoms with van der Waals surface area (Å²) in [5, 5.41) is 10.9. The molecule has 1 amide bonds. The van der Waals surface area contributed by atoms with Crippen LogP contribution in [0.3, 0.4) is 0 Å². The summed E-state index contributed by atoms with van der Waals surface area (Å²) in [5.74, 6) is -0.483. The molecule has 3 nitrogen and oxygen atoms in total. The Morgan fingerprint density at radius 3 is 2.10 bits per heavy atom. The summed E-state index contributed by atoms with van der Waals surface area (Å²) in [7, 11) is 0. The smallest absolute Gasteiger partial charge is 0.290 e. The lowest BCUT2D eigenvalue weighted by molar-refractivity contribution is -0.130. The molecule has 1 aliphatic heterocycles. The molecule has 0 bridgehead atoms. The van der Waals surface area contributed by atoms with Gasteiger partial charge in [0.15, 0.2) is 5.76 Å². The fraction of sp³-hybridized carbons (Fsp3) is 0.222. The monoisotopic (exact) mass is 429 g/mol. The largest absolute Gasteiger partial charge is 0.503 e. The van der Waals surface area contributed by atoms with Crippen LogP contribution in [-0.4, -0.2) is 22.2 Å². The van der Waals surface area contributed by atoms with Crippen LogP contribution in [0.25, 0.3) is 5.57 Å². The quantitative estimate of drug-likeness (QED) is 0.465. The molecule has 158 valence electrons. The molecule has 0 saturated carbocycles. The number of aliphatic hydroxyl groups is 1. The Labute approximate surface area is 188 Å². The number of hydrogen-bond donors (Lipinski definition) is 1. The van der Waals surface area contributed by atoms with E-state index >= 15 is 0 Å². The summed E-state index contributed by atoms with van der Waals surface area (Å²) in [6, 6.07) is 24.3. The van der Waals surface area contributed by atoms with Gasteiger partial charge in [-0.2, -0.15) is 0 Å². The molecule has 1 unspecified atom stereocenters. The number of aliphatic hydroxyl groups excluding tert-OH is 1. The van der Waals surface area contributed by atoms with Crippen LogP contribution in [0.5, 0.6) is 0 Å². The number of rotatable bonds is 6. The van der Waals surface area contributed by atoms with Gasteiger partial charge in [-0.05, 0) is 54.0 Å². The maximum atomic E-state index is 13.2. The van der Waals surface area contributed by atoms with Crippen LogP contribution in [0, 0.1) is 6.92 Å². The molecule has 1 aliphatic rings. The minimum Gasteiger partial charge on any atom is -0.503 e. The number of nitrogens with zero attached hydrogens (tertiary/aromatic N) is 1. The van der Waals surface area contributed by atoms with Gasteiger partial charge in [0.05, 0.1) is 6.04 Å². The van der Waals surface area contributed by atoms with E-state index < -0.39 is 0 Å². The van der Waals surface area contributed by atoms with Crippen molar-refractivity contribution in [1.82, 2.24) is 4.90 Å². The van der Waals surface area contributed by atoms with Gasteiger partial charge in [-0.25, -0.2) is 0 Å². The number of benzene rings is 3. The lowest BCUT2D eigenvalue weighted by Gasteiger charge is -2.28. The Morgan fingerprint density at radius 1 is 0.903 bits per heavy atom. The SMILES string of the molecule is CCc1ccc(C2C(c3ccc(C)cc3)=C(O)C(=O)N2Cc2ccc(SC)cc2)cc1. The average Bonchev–Trinajstić information content (AvgIpc) is 3.05. The Hall–Kier alpha value is -2.98. The van der Waals surface area contributed by atoms with Crippen LogP contribution in [0.1, 0.15) is 40.8 Å². The van der Waals surface area contributed by atoms with Crippen LogP contribution in [0.2, 0.25) is 0 Å². The molecule has 1 heterocycles. The van der Waals surface area contributed by atoms with Crippen molar-refractivity contribution >= 4 is 23.2 Å². The van der Waals surface area contributed by atoms with Gasteiger partial charge in [0, 0.05) is 17.0 Å². The van der Waals surface area contributed by atoms with E-state index in [1.165, 1.54) is 10.5 Å². The molecule has 3 aromatic carbocycles. The fourth-order valence-corrected chi connectivity index (χ4v) is 4.46.